The fraction of sp³-hybridized carbons (Fsp3) is 0.818. The number of amides is 1. The molecule has 5 nitrogen and oxygen atoms in total. The van der Waals surface area contributed by atoms with E-state index in [4.69, 9.17) is 10.8 Å². The molecule has 1 saturated carbocycles. The molecule has 1 atom stereocenters. The lowest BCUT2D eigenvalue weighted by atomic mass is 9.93. The van der Waals surface area contributed by atoms with Crippen LogP contribution in [0, 0.1) is 5.92 Å². The summed E-state index contributed by atoms with van der Waals surface area (Å²) in [7, 11) is 0. The molecule has 1 unspecified atom stereocenters. The second-order valence-electron chi connectivity index (χ2n) is 4.77. The Morgan fingerprint density at radius 2 is 2.12 bits per heavy atom. The molecule has 0 spiro atoms. The van der Waals surface area contributed by atoms with Crippen LogP contribution in [0.1, 0.15) is 39.0 Å². The van der Waals surface area contributed by atoms with Gasteiger partial charge in [-0.15, -0.1) is 0 Å². The number of aliphatic carboxylic acids is 1. The van der Waals surface area contributed by atoms with Crippen LogP contribution in [0.25, 0.3) is 0 Å². The molecule has 0 aromatic heterocycles. The van der Waals surface area contributed by atoms with Gasteiger partial charge in [0.1, 0.15) is 0 Å². The Kier molecular flexibility index (Phi) is 4.29. The summed E-state index contributed by atoms with van der Waals surface area (Å²) in [5.41, 5.74) is 4.58. The number of nitrogens with one attached hydrogen (secondary N) is 1. The fourth-order valence-corrected chi connectivity index (χ4v) is 1.58. The highest BCUT2D eigenvalue weighted by molar-refractivity contribution is 5.84. The maximum absolute atomic E-state index is 11.3. The van der Waals surface area contributed by atoms with Crippen LogP contribution in [0.3, 0.4) is 0 Å². The average molecular weight is 228 g/mol. The lowest BCUT2D eigenvalue weighted by molar-refractivity contribution is -0.137. The highest BCUT2D eigenvalue weighted by Gasteiger charge is 2.32. The van der Waals surface area contributed by atoms with Crippen molar-refractivity contribution in [2.45, 2.75) is 44.6 Å². The van der Waals surface area contributed by atoms with Crippen LogP contribution in [0.5, 0.6) is 0 Å². The number of hydrogen-bond acceptors (Lipinski definition) is 3. The predicted molar refractivity (Wildman–Crippen MR) is 59.8 cm³/mol. The average Bonchev–Trinajstić information content (AvgIpc) is 2.97. The highest BCUT2D eigenvalue weighted by Crippen LogP contribution is 2.28. The summed E-state index contributed by atoms with van der Waals surface area (Å²) in [6, 6.07) is 0. The van der Waals surface area contributed by atoms with E-state index in [9.17, 15) is 9.59 Å². The molecule has 0 saturated heterocycles. The fourth-order valence-electron chi connectivity index (χ4n) is 1.58. The summed E-state index contributed by atoms with van der Waals surface area (Å²) in [5, 5.41) is 11.7. The van der Waals surface area contributed by atoms with Gasteiger partial charge in [-0.05, 0) is 45.1 Å². The molecule has 0 bridgehead atoms. The second kappa shape index (κ2) is 5.30. The van der Waals surface area contributed by atoms with E-state index in [0.717, 1.165) is 6.54 Å². The van der Waals surface area contributed by atoms with Crippen molar-refractivity contribution in [2.75, 3.05) is 6.54 Å². The Labute approximate surface area is 95.4 Å². The monoisotopic (exact) mass is 228 g/mol. The molecule has 5 heteroatoms. The van der Waals surface area contributed by atoms with E-state index >= 15 is 0 Å². The number of rotatable bonds is 8. The maximum Gasteiger partial charge on any atom is 0.303 e. The van der Waals surface area contributed by atoms with Crippen molar-refractivity contribution in [3.63, 3.8) is 0 Å². The Morgan fingerprint density at radius 1 is 1.50 bits per heavy atom. The van der Waals surface area contributed by atoms with Gasteiger partial charge in [-0.1, -0.05) is 0 Å². The van der Waals surface area contributed by atoms with E-state index in [2.05, 4.69) is 5.32 Å². The first-order chi connectivity index (χ1) is 7.44. The molecule has 0 heterocycles. The lowest BCUT2D eigenvalue weighted by Crippen LogP contribution is -2.53. The largest absolute Gasteiger partial charge is 0.481 e. The quantitative estimate of drug-likeness (QED) is 0.563. The van der Waals surface area contributed by atoms with Crippen LogP contribution < -0.4 is 11.1 Å². The van der Waals surface area contributed by atoms with Gasteiger partial charge in [-0.3, -0.25) is 9.59 Å². The molecular formula is C11H20N2O3. The first-order valence-corrected chi connectivity index (χ1v) is 5.71. The van der Waals surface area contributed by atoms with Gasteiger partial charge in [0.2, 0.25) is 5.91 Å². The predicted octanol–water partition coefficient (Wildman–Crippen LogP) is 0.485. The van der Waals surface area contributed by atoms with Gasteiger partial charge in [0.15, 0.2) is 0 Å². The Hall–Kier alpha value is -1.10. The van der Waals surface area contributed by atoms with Gasteiger partial charge >= 0.3 is 5.97 Å². The summed E-state index contributed by atoms with van der Waals surface area (Å²) < 4.78 is 0. The normalized spacial score (nSPS) is 19.1. The summed E-state index contributed by atoms with van der Waals surface area (Å²) in [5.74, 6) is -0.578. The van der Waals surface area contributed by atoms with Crippen molar-refractivity contribution in [1.29, 1.82) is 0 Å². The smallest absolute Gasteiger partial charge is 0.303 e. The summed E-state index contributed by atoms with van der Waals surface area (Å²) in [6.07, 6.45) is 3.43. The molecule has 16 heavy (non-hydrogen) atoms. The van der Waals surface area contributed by atoms with Crippen LogP contribution >= 0.6 is 0 Å². The van der Waals surface area contributed by atoms with Crippen molar-refractivity contribution < 1.29 is 14.7 Å². The second-order valence-corrected chi connectivity index (χ2v) is 4.77. The third kappa shape index (κ3) is 4.18. The Balaban J connectivity index is 2.36. The van der Waals surface area contributed by atoms with Crippen LogP contribution in [0.15, 0.2) is 0 Å². The summed E-state index contributed by atoms with van der Waals surface area (Å²) >= 11 is 0. The van der Waals surface area contributed by atoms with Crippen molar-refractivity contribution >= 4 is 11.9 Å². The number of primary amides is 1. The number of nitrogens with two attached hydrogens (primary N) is 1. The van der Waals surface area contributed by atoms with E-state index in [0.29, 0.717) is 18.8 Å². The topological polar surface area (TPSA) is 92.4 Å². The van der Waals surface area contributed by atoms with Gasteiger partial charge in [0, 0.05) is 6.42 Å². The molecule has 4 N–H and O–H groups in total. The molecule has 0 radical (unpaired) electrons. The number of carbonyl (C=O) groups is 2. The van der Waals surface area contributed by atoms with Crippen molar-refractivity contribution in [2.24, 2.45) is 11.7 Å². The minimum atomic E-state index is -0.839. The molecule has 1 fully saturated rings. The van der Waals surface area contributed by atoms with Crippen LogP contribution in [-0.4, -0.2) is 29.1 Å². The SMILES string of the molecule is CC(CCCC(=O)O)(NCC1CC1)C(N)=O. The number of carboxylic acids is 1. The molecule has 1 amide bonds. The van der Waals surface area contributed by atoms with Gasteiger partial charge in [-0.2, -0.15) is 0 Å². The number of carbonyl (C=O) groups excluding carboxylic acids is 1. The minimum absolute atomic E-state index is 0.0774. The van der Waals surface area contributed by atoms with Crippen molar-refractivity contribution in [3.05, 3.63) is 0 Å². The number of carboxylic acid groups (broad SMARTS) is 1. The molecule has 1 aliphatic carbocycles. The zero-order valence-corrected chi connectivity index (χ0v) is 9.66. The third-order valence-electron chi connectivity index (χ3n) is 3.09. The van der Waals surface area contributed by atoms with Gasteiger partial charge in [-0.25, -0.2) is 0 Å². The van der Waals surface area contributed by atoms with E-state index in [-0.39, 0.29) is 6.42 Å². The summed E-state index contributed by atoms with van der Waals surface area (Å²) in [6.45, 7) is 2.55. The standard InChI is InChI=1S/C11H20N2O3/c1-11(10(12)16,6-2-3-9(14)15)13-7-8-4-5-8/h8,13H,2-7H2,1H3,(H2,12,16)(H,14,15). The lowest BCUT2D eigenvalue weighted by Gasteiger charge is -2.27. The third-order valence-corrected chi connectivity index (χ3v) is 3.09. The van der Waals surface area contributed by atoms with Gasteiger partial charge in [0.05, 0.1) is 5.54 Å². The highest BCUT2D eigenvalue weighted by atomic mass is 16.4. The molecule has 0 aliphatic heterocycles. The zero-order chi connectivity index (χ0) is 12.2. The molecule has 92 valence electrons. The first-order valence-electron chi connectivity index (χ1n) is 5.71. The molecule has 1 aliphatic rings. The van der Waals surface area contributed by atoms with Crippen molar-refractivity contribution in [1.82, 2.24) is 5.32 Å². The first kappa shape index (κ1) is 13.0. The maximum atomic E-state index is 11.3. The van der Waals surface area contributed by atoms with Crippen molar-refractivity contribution in [3.8, 4) is 0 Å². The van der Waals surface area contributed by atoms with Gasteiger partial charge in [0.25, 0.3) is 0 Å². The Morgan fingerprint density at radius 3 is 2.56 bits per heavy atom. The molecular weight excluding hydrogens is 208 g/mol. The van der Waals surface area contributed by atoms with Crippen LogP contribution in [-0.2, 0) is 9.59 Å². The number of hydrogen-bond donors (Lipinski definition) is 3. The van der Waals surface area contributed by atoms with E-state index < -0.39 is 17.4 Å². The van der Waals surface area contributed by atoms with Gasteiger partial charge < -0.3 is 16.2 Å². The molecule has 0 aromatic carbocycles. The zero-order valence-electron chi connectivity index (χ0n) is 9.66. The van der Waals surface area contributed by atoms with E-state index in [1.807, 2.05) is 0 Å². The molecule has 0 aromatic rings. The van der Waals surface area contributed by atoms with E-state index in [1.165, 1.54) is 12.8 Å². The van der Waals surface area contributed by atoms with Crippen LogP contribution in [0.2, 0.25) is 0 Å². The minimum Gasteiger partial charge on any atom is -0.481 e. The van der Waals surface area contributed by atoms with E-state index in [1.54, 1.807) is 6.92 Å². The van der Waals surface area contributed by atoms with Crippen LogP contribution in [0.4, 0.5) is 0 Å². The summed E-state index contributed by atoms with van der Waals surface area (Å²) in [4.78, 5) is 21.7. The Bertz CT molecular complexity index is 276. The molecule has 1 rings (SSSR count).